The minimum atomic E-state index is -3.73. The van der Waals surface area contributed by atoms with E-state index in [1.807, 2.05) is 6.92 Å². The van der Waals surface area contributed by atoms with E-state index in [1.54, 1.807) is 17.5 Å². The van der Waals surface area contributed by atoms with Crippen LogP contribution in [0.15, 0.2) is 45.5 Å². The van der Waals surface area contributed by atoms with Crippen LogP contribution in [0.1, 0.15) is 104 Å². The molecule has 6 nitrogen and oxygen atoms in total. The quantitative estimate of drug-likeness (QED) is 0.302. The second-order valence-electron chi connectivity index (χ2n) is 15.8. The molecule has 0 saturated heterocycles. The summed E-state index contributed by atoms with van der Waals surface area (Å²) in [5.41, 5.74) is -1.60. The van der Waals surface area contributed by atoms with Gasteiger partial charge in [-0.3, -0.25) is 4.79 Å². The zero-order chi connectivity index (χ0) is 31.2. The monoisotopic (exact) mass is 641 g/mol. The van der Waals surface area contributed by atoms with E-state index < -0.39 is 26.5 Å². The number of allylic oxidation sites excluding steroid dienone is 4. The lowest BCUT2D eigenvalue weighted by Crippen LogP contribution is -2.67. The molecule has 7 aliphatic carbocycles. The van der Waals surface area contributed by atoms with Crippen LogP contribution in [0.2, 0.25) is 0 Å². The molecule has 1 aromatic heterocycles. The fourth-order valence-electron chi connectivity index (χ4n) is 11.6. The number of fused-ring (bicyclic) bond motifs is 1. The topological polar surface area (TPSA) is 94.9 Å². The highest BCUT2D eigenvalue weighted by Crippen LogP contribution is 2.78. The number of hydrogen-bond donors (Lipinski definition) is 2. The Balaban J connectivity index is 1.31. The molecule has 44 heavy (non-hydrogen) atoms. The molecule has 1 unspecified atom stereocenters. The summed E-state index contributed by atoms with van der Waals surface area (Å²) < 4.78 is 29.5. The number of sulfonamides is 1. The third-order valence-electron chi connectivity index (χ3n) is 14.0. The van der Waals surface area contributed by atoms with Crippen molar-refractivity contribution in [1.82, 2.24) is 4.31 Å². The summed E-state index contributed by atoms with van der Waals surface area (Å²) in [6.45, 7) is 7.06. The van der Waals surface area contributed by atoms with Crippen molar-refractivity contribution in [3.8, 4) is 0 Å². The van der Waals surface area contributed by atoms with Gasteiger partial charge in [0.05, 0.1) is 11.7 Å². The minimum Gasteiger partial charge on any atom is -0.393 e. The van der Waals surface area contributed by atoms with E-state index in [0.29, 0.717) is 35.8 Å². The number of carbonyl (C=O) groups is 1. The second kappa shape index (κ2) is 10.6. The maximum absolute atomic E-state index is 14.7. The molecule has 2 N–H and O–H groups in total. The molecule has 7 aliphatic rings. The molecule has 4 saturated carbocycles. The molecule has 0 amide bonds. The Hall–Kier alpha value is -1.32. The van der Waals surface area contributed by atoms with Crippen molar-refractivity contribution in [2.45, 2.75) is 120 Å². The molecule has 0 radical (unpaired) electrons. The van der Waals surface area contributed by atoms with Gasteiger partial charge in [0.15, 0.2) is 5.78 Å². The zero-order valence-corrected chi connectivity index (χ0v) is 28.4. The summed E-state index contributed by atoms with van der Waals surface area (Å²) in [7, 11) is -3.73. The van der Waals surface area contributed by atoms with Crippen molar-refractivity contribution >= 4 is 27.1 Å². The molecule has 0 aromatic carbocycles. The highest BCUT2D eigenvalue weighted by atomic mass is 32.2. The molecular formula is C36H51NO5S2. The summed E-state index contributed by atoms with van der Waals surface area (Å²) in [5.74, 6) is 0.678. The minimum absolute atomic E-state index is 0.0451. The van der Waals surface area contributed by atoms with Crippen LogP contribution in [0, 0.1) is 39.4 Å². The van der Waals surface area contributed by atoms with Crippen LogP contribution in [-0.2, 0) is 14.8 Å². The van der Waals surface area contributed by atoms with Crippen LogP contribution in [0.25, 0.3) is 0 Å². The summed E-state index contributed by atoms with van der Waals surface area (Å²) in [4.78, 5) is 14.7. The van der Waals surface area contributed by atoms with Gasteiger partial charge in [0.2, 0.25) is 0 Å². The number of rotatable bonds is 8. The van der Waals surface area contributed by atoms with Crippen LogP contribution in [0.4, 0.5) is 0 Å². The predicted octanol–water partition coefficient (Wildman–Crippen LogP) is 6.89. The van der Waals surface area contributed by atoms with E-state index in [2.05, 4.69) is 32.1 Å². The molecule has 4 fully saturated rings. The summed E-state index contributed by atoms with van der Waals surface area (Å²) in [6.07, 6.45) is 18.1. The Kier molecular flexibility index (Phi) is 7.54. The fraction of sp³-hybridized carbons (Fsp3) is 0.750. The molecule has 2 bridgehead atoms. The highest BCUT2D eigenvalue weighted by Gasteiger charge is 2.74. The fourth-order valence-corrected chi connectivity index (χ4v) is 14.3. The van der Waals surface area contributed by atoms with Crippen LogP contribution < -0.4 is 0 Å². The maximum Gasteiger partial charge on any atom is 0.252 e. The molecule has 0 aliphatic heterocycles. The number of aliphatic hydroxyl groups is 2. The lowest BCUT2D eigenvalue weighted by atomic mass is 9.32. The molecule has 8 rings (SSSR count). The number of thiophene rings is 1. The summed E-state index contributed by atoms with van der Waals surface area (Å²) in [6, 6.07) is 3.43. The van der Waals surface area contributed by atoms with Gasteiger partial charge in [-0.2, -0.15) is 4.31 Å². The first kappa shape index (κ1) is 31.3. The lowest BCUT2D eigenvalue weighted by molar-refractivity contribution is -0.177. The Morgan fingerprint density at radius 3 is 2.41 bits per heavy atom. The normalized spacial score (nSPS) is 43.4. The SMILES string of the molecule is CCCN(C[C@]1(O)CC[C@H]2[C@]34C=C[C@@]5(C=C3C(=O)C3CCCCC3)CC(O)CC[C@]5(C)[C@H]4CC[C@@]21C)S(=O)(=O)c1cccs1. The number of nitrogens with zero attached hydrogens (tertiary/aromatic N) is 1. The van der Waals surface area contributed by atoms with Crippen molar-refractivity contribution < 1.29 is 23.4 Å². The number of carbonyl (C=O) groups excluding carboxylic acids is 1. The number of ketones is 1. The number of hydrogen-bond acceptors (Lipinski definition) is 6. The van der Waals surface area contributed by atoms with Gasteiger partial charge in [0, 0.05) is 40.8 Å². The zero-order valence-electron chi connectivity index (χ0n) is 26.8. The molecule has 8 heteroatoms. The van der Waals surface area contributed by atoms with Crippen LogP contribution in [-0.4, -0.2) is 53.5 Å². The molecule has 8 atom stereocenters. The molecular weight excluding hydrogens is 591 g/mol. The second-order valence-corrected chi connectivity index (χ2v) is 18.9. The van der Waals surface area contributed by atoms with E-state index in [0.717, 1.165) is 63.4 Å². The number of aliphatic hydroxyl groups excluding tert-OH is 1. The first-order valence-corrected chi connectivity index (χ1v) is 19.6. The van der Waals surface area contributed by atoms with Gasteiger partial charge in [-0.05, 0) is 92.9 Å². The Morgan fingerprint density at radius 1 is 1.00 bits per heavy atom. The lowest BCUT2D eigenvalue weighted by Gasteiger charge is -2.71. The molecule has 2 spiro atoms. The largest absolute Gasteiger partial charge is 0.393 e. The van der Waals surface area contributed by atoms with Gasteiger partial charge in [0.1, 0.15) is 4.21 Å². The number of Topliss-reactive ketones (excluding diaryl/α,β-unsaturated/α-hetero) is 1. The maximum atomic E-state index is 14.7. The average Bonchev–Trinajstić information content (AvgIpc) is 3.64. The van der Waals surface area contributed by atoms with Crippen molar-refractivity contribution in [1.29, 1.82) is 0 Å². The summed E-state index contributed by atoms with van der Waals surface area (Å²) >= 11 is 1.23. The van der Waals surface area contributed by atoms with Crippen molar-refractivity contribution in [2.24, 2.45) is 39.4 Å². The smallest absolute Gasteiger partial charge is 0.252 e. The van der Waals surface area contributed by atoms with Gasteiger partial charge in [-0.1, -0.05) is 64.3 Å². The average molecular weight is 642 g/mol. The van der Waals surface area contributed by atoms with Crippen molar-refractivity contribution in [2.75, 3.05) is 13.1 Å². The predicted molar refractivity (Wildman–Crippen MR) is 174 cm³/mol. The van der Waals surface area contributed by atoms with Crippen molar-refractivity contribution in [3.63, 3.8) is 0 Å². The molecule has 242 valence electrons. The van der Waals surface area contributed by atoms with Gasteiger partial charge in [0.25, 0.3) is 10.0 Å². The Bertz CT molecular complexity index is 1460. The van der Waals surface area contributed by atoms with Crippen molar-refractivity contribution in [3.05, 3.63) is 41.3 Å². The molecule has 1 heterocycles. The third-order valence-corrected chi connectivity index (χ3v) is 17.2. The highest BCUT2D eigenvalue weighted by molar-refractivity contribution is 7.91. The van der Waals surface area contributed by atoms with E-state index in [4.69, 9.17) is 0 Å². The van der Waals surface area contributed by atoms with Crippen LogP contribution in [0.3, 0.4) is 0 Å². The van der Waals surface area contributed by atoms with Crippen LogP contribution in [0.5, 0.6) is 0 Å². The standard InChI is InChI=1S/C36H51NO5S2/c1-4-20-37(44(41,42)30-11-8-21-43-30)24-35(40)17-14-29-33(35,3)16-13-28-32(2)15-12-26(38)22-34(32)18-19-36(28,29)27(23-34)31(39)25-9-6-5-7-10-25/h8,11,18-19,21,23,25-26,28-29,38,40H,4-7,9-10,12-17,20,22,24H2,1-3H3/t26?,28-,29-,32-,33+,34+,35-,36-/m1/s1. The first-order valence-electron chi connectivity index (χ1n) is 17.3. The van der Waals surface area contributed by atoms with E-state index >= 15 is 0 Å². The summed E-state index contributed by atoms with van der Waals surface area (Å²) in [5, 5.41) is 25.5. The van der Waals surface area contributed by atoms with Gasteiger partial charge >= 0.3 is 0 Å². The first-order chi connectivity index (χ1) is 20.9. The van der Waals surface area contributed by atoms with Gasteiger partial charge in [-0.15, -0.1) is 11.3 Å². The Morgan fingerprint density at radius 2 is 1.70 bits per heavy atom. The molecule has 1 aromatic rings. The Labute approximate surface area is 268 Å². The van der Waals surface area contributed by atoms with E-state index in [1.165, 1.54) is 22.1 Å². The third kappa shape index (κ3) is 4.12. The van der Waals surface area contributed by atoms with E-state index in [-0.39, 0.29) is 41.2 Å². The van der Waals surface area contributed by atoms with Gasteiger partial charge < -0.3 is 10.2 Å². The van der Waals surface area contributed by atoms with Crippen LogP contribution >= 0.6 is 11.3 Å². The van der Waals surface area contributed by atoms with Gasteiger partial charge in [-0.25, -0.2) is 8.42 Å². The van der Waals surface area contributed by atoms with E-state index in [9.17, 15) is 23.4 Å².